The summed E-state index contributed by atoms with van der Waals surface area (Å²) >= 11 is 0. The molecule has 3 rings (SSSR count). The van der Waals surface area contributed by atoms with E-state index in [4.69, 9.17) is 5.73 Å². The molecule has 2 aromatic carbocycles. The Bertz CT molecular complexity index is 698. The Hall–Kier alpha value is -2.82. The van der Waals surface area contributed by atoms with Gasteiger partial charge in [0.1, 0.15) is 5.82 Å². The van der Waals surface area contributed by atoms with Crippen molar-refractivity contribution in [3.8, 4) is 11.4 Å². The van der Waals surface area contributed by atoms with Crippen LogP contribution in [0.5, 0.6) is 0 Å². The average Bonchev–Trinajstić information content (AvgIpc) is 2.82. The zero-order chi connectivity index (χ0) is 13.2. The molecular weight excluding hydrogens is 240 g/mol. The Kier molecular flexibility index (Phi) is 2.64. The van der Waals surface area contributed by atoms with Crippen molar-refractivity contribution in [3.05, 3.63) is 48.5 Å². The van der Waals surface area contributed by atoms with E-state index in [9.17, 15) is 4.79 Å². The van der Waals surface area contributed by atoms with Gasteiger partial charge in [-0.05, 0) is 36.4 Å². The van der Waals surface area contributed by atoms with Crippen molar-refractivity contribution in [1.82, 2.24) is 9.97 Å². The second-order valence-corrected chi connectivity index (χ2v) is 4.17. The van der Waals surface area contributed by atoms with Crippen LogP contribution in [0.4, 0.5) is 10.5 Å². The number of nitrogens with two attached hydrogens (primary N) is 1. The number of aromatic nitrogens is 2. The Morgan fingerprint density at radius 2 is 1.84 bits per heavy atom. The van der Waals surface area contributed by atoms with Crippen LogP contribution in [0.25, 0.3) is 22.4 Å². The first kappa shape index (κ1) is 11.3. The number of amides is 2. The largest absolute Gasteiger partial charge is 0.351 e. The third-order valence-electron chi connectivity index (χ3n) is 2.82. The lowest BCUT2D eigenvalue weighted by atomic mass is 10.2. The number of nitrogens with zero attached hydrogens (tertiary/aromatic N) is 1. The van der Waals surface area contributed by atoms with E-state index in [1.165, 1.54) is 0 Å². The molecule has 94 valence electrons. The van der Waals surface area contributed by atoms with Gasteiger partial charge in [0.2, 0.25) is 0 Å². The quantitative estimate of drug-likeness (QED) is 0.655. The monoisotopic (exact) mass is 252 g/mol. The first-order valence-electron chi connectivity index (χ1n) is 5.84. The molecule has 1 aromatic heterocycles. The Morgan fingerprint density at radius 3 is 2.53 bits per heavy atom. The smallest absolute Gasteiger partial charge is 0.316 e. The molecule has 0 aliphatic carbocycles. The van der Waals surface area contributed by atoms with E-state index < -0.39 is 6.03 Å². The lowest BCUT2D eigenvalue weighted by Crippen LogP contribution is -2.19. The molecule has 0 aliphatic rings. The van der Waals surface area contributed by atoms with Crippen molar-refractivity contribution in [2.45, 2.75) is 0 Å². The molecule has 0 radical (unpaired) electrons. The van der Waals surface area contributed by atoms with Crippen LogP contribution in [0.2, 0.25) is 0 Å². The Balaban J connectivity index is 1.95. The minimum atomic E-state index is -0.573. The van der Waals surface area contributed by atoms with E-state index in [0.29, 0.717) is 5.69 Å². The Labute approximate surface area is 109 Å². The molecule has 2 amide bonds. The average molecular weight is 252 g/mol. The maximum absolute atomic E-state index is 10.7. The number of primary amides is 1. The number of para-hydroxylation sites is 2. The number of benzene rings is 2. The highest BCUT2D eigenvalue weighted by Crippen LogP contribution is 2.21. The number of imidazole rings is 1. The number of carbonyl (C=O) groups excluding carboxylic acids is 1. The molecule has 3 aromatic rings. The van der Waals surface area contributed by atoms with Crippen molar-refractivity contribution in [3.63, 3.8) is 0 Å². The minimum Gasteiger partial charge on any atom is -0.351 e. The summed E-state index contributed by atoms with van der Waals surface area (Å²) in [5.41, 5.74) is 8.59. The molecule has 0 fully saturated rings. The van der Waals surface area contributed by atoms with Gasteiger partial charge in [-0.1, -0.05) is 12.1 Å². The van der Waals surface area contributed by atoms with Gasteiger partial charge in [0, 0.05) is 11.3 Å². The first-order valence-corrected chi connectivity index (χ1v) is 5.84. The van der Waals surface area contributed by atoms with E-state index in [-0.39, 0.29) is 0 Å². The van der Waals surface area contributed by atoms with Crippen molar-refractivity contribution in [1.29, 1.82) is 0 Å². The number of hydrogen-bond donors (Lipinski definition) is 3. The standard InChI is InChI=1S/C14H12N4O/c15-14(19)16-10-7-5-9(6-8-10)13-17-11-3-1-2-4-12(11)18-13/h1-8H,(H,17,18)(H3,15,16,19). The summed E-state index contributed by atoms with van der Waals surface area (Å²) in [6, 6.07) is 14.6. The summed E-state index contributed by atoms with van der Waals surface area (Å²) in [4.78, 5) is 18.5. The number of H-pyrrole nitrogens is 1. The van der Waals surface area contributed by atoms with Gasteiger partial charge in [0.25, 0.3) is 0 Å². The summed E-state index contributed by atoms with van der Waals surface area (Å²) in [7, 11) is 0. The molecule has 4 N–H and O–H groups in total. The van der Waals surface area contributed by atoms with Gasteiger partial charge >= 0.3 is 6.03 Å². The summed E-state index contributed by atoms with van der Waals surface area (Å²) in [5.74, 6) is 0.798. The predicted molar refractivity (Wildman–Crippen MR) is 74.7 cm³/mol. The minimum absolute atomic E-state index is 0.573. The van der Waals surface area contributed by atoms with Gasteiger partial charge < -0.3 is 16.0 Å². The fraction of sp³-hybridized carbons (Fsp3) is 0. The number of anilines is 1. The number of urea groups is 1. The molecule has 1 heterocycles. The second kappa shape index (κ2) is 4.45. The zero-order valence-electron chi connectivity index (χ0n) is 10.1. The second-order valence-electron chi connectivity index (χ2n) is 4.17. The lowest BCUT2D eigenvalue weighted by Gasteiger charge is -2.02. The summed E-state index contributed by atoms with van der Waals surface area (Å²) < 4.78 is 0. The van der Waals surface area contributed by atoms with E-state index in [2.05, 4.69) is 15.3 Å². The van der Waals surface area contributed by atoms with Crippen molar-refractivity contribution in [2.24, 2.45) is 5.73 Å². The highest BCUT2D eigenvalue weighted by Gasteiger charge is 2.04. The van der Waals surface area contributed by atoms with Crippen LogP contribution in [0.15, 0.2) is 48.5 Å². The van der Waals surface area contributed by atoms with Crippen LogP contribution < -0.4 is 11.1 Å². The van der Waals surface area contributed by atoms with Crippen molar-refractivity contribution < 1.29 is 4.79 Å². The summed E-state index contributed by atoms with van der Waals surface area (Å²) in [6.07, 6.45) is 0. The maximum atomic E-state index is 10.7. The van der Waals surface area contributed by atoms with Crippen molar-refractivity contribution in [2.75, 3.05) is 5.32 Å². The van der Waals surface area contributed by atoms with Crippen LogP contribution in [0.3, 0.4) is 0 Å². The molecule has 0 aliphatic heterocycles. The Morgan fingerprint density at radius 1 is 1.11 bits per heavy atom. The lowest BCUT2D eigenvalue weighted by molar-refractivity contribution is 0.259. The molecule has 0 spiro atoms. The summed E-state index contributed by atoms with van der Waals surface area (Å²) in [6.45, 7) is 0. The molecule has 0 atom stereocenters. The highest BCUT2D eigenvalue weighted by atomic mass is 16.2. The van der Waals surface area contributed by atoms with E-state index in [1.54, 1.807) is 12.1 Å². The SMILES string of the molecule is NC(=O)Nc1ccc(-c2nc3ccccc3[nH]2)cc1. The van der Waals surface area contributed by atoms with Crippen LogP contribution in [-0.2, 0) is 0 Å². The number of rotatable bonds is 2. The normalized spacial score (nSPS) is 10.5. The van der Waals surface area contributed by atoms with Gasteiger partial charge in [-0.2, -0.15) is 0 Å². The fourth-order valence-corrected chi connectivity index (χ4v) is 1.94. The molecular formula is C14H12N4O. The number of nitrogens with one attached hydrogen (secondary N) is 2. The van der Waals surface area contributed by atoms with Gasteiger partial charge in [0.05, 0.1) is 11.0 Å². The zero-order valence-corrected chi connectivity index (χ0v) is 10.1. The molecule has 0 unspecified atom stereocenters. The van der Waals surface area contributed by atoms with Crippen LogP contribution in [-0.4, -0.2) is 16.0 Å². The van der Waals surface area contributed by atoms with Gasteiger partial charge in [-0.25, -0.2) is 9.78 Å². The highest BCUT2D eigenvalue weighted by molar-refractivity contribution is 5.88. The van der Waals surface area contributed by atoms with Crippen LogP contribution in [0.1, 0.15) is 0 Å². The number of hydrogen-bond acceptors (Lipinski definition) is 2. The van der Waals surface area contributed by atoms with Gasteiger partial charge in [0.15, 0.2) is 0 Å². The van der Waals surface area contributed by atoms with Crippen molar-refractivity contribution >= 4 is 22.8 Å². The fourth-order valence-electron chi connectivity index (χ4n) is 1.94. The topological polar surface area (TPSA) is 83.8 Å². The number of aromatic amines is 1. The molecule has 5 nitrogen and oxygen atoms in total. The molecule has 19 heavy (non-hydrogen) atoms. The van der Waals surface area contributed by atoms with Crippen LogP contribution >= 0.6 is 0 Å². The summed E-state index contributed by atoms with van der Waals surface area (Å²) in [5, 5.41) is 2.52. The molecule has 0 bridgehead atoms. The van der Waals surface area contributed by atoms with Crippen LogP contribution in [0, 0.1) is 0 Å². The number of carbonyl (C=O) groups is 1. The van der Waals surface area contributed by atoms with E-state index in [0.717, 1.165) is 22.4 Å². The predicted octanol–water partition coefficient (Wildman–Crippen LogP) is 2.72. The third kappa shape index (κ3) is 2.26. The third-order valence-corrected chi connectivity index (χ3v) is 2.82. The van der Waals surface area contributed by atoms with E-state index >= 15 is 0 Å². The van der Waals surface area contributed by atoms with Gasteiger partial charge in [-0.15, -0.1) is 0 Å². The first-order chi connectivity index (χ1) is 9.22. The van der Waals surface area contributed by atoms with Gasteiger partial charge in [-0.3, -0.25) is 0 Å². The molecule has 0 saturated heterocycles. The van der Waals surface area contributed by atoms with E-state index in [1.807, 2.05) is 36.4 Å². The molecule has 0 saturated carbocycles. The molecule has 5 heteroatoms. The maximum Gasteiger partial charge on any atom is 0.316 e. The number of fused-ring (bicyclic) bond motifs is 1.